The molecule has 1 N–H and O–H groups in total. The van der Waals surface area contributed by atoms with Crippen molar-refractivity contribution in [3.8, 4) is 5.75 Å². The van der Waals surface area contributed by atoms with Crippen LogP contribution in [0.2, 0.25) is 0 Å². The topological polar surface area (TPSA) is 49.8 Å². The van der Waals surface area contributed by atoms with Gasteiger partial charge in [-0.3, -0.25) is 9.69 Å². The summed E-state index contributed by atoms with van der Waals surface area (Å²) < 4.78 is 5.09. The van der Waals surface area contributed by atoms with E-state index >= 15 is 0 Å². The molecule has 0 spiro atoms. The Labute approximate surface area is 102 Å². The van der Waals surface area contributed by atoms with Gasteiger partial charge in [-0.15, -0.1) is 0 Å². The zero-order valence-corrected chi connectivity index (χ0v) is 10.3. The molecule has 94 valence electrons. The van der Waals surface area contributed by atoms with E-state index in [1.165, 1.54) is 0 Å². The second-order valence-electron chi connectivity index (χ2n) is 3.86. The highest BCUT2D eigenvalue weighted by molar-refractivity contribution is 5.66. The maximum Gasteiger partial charge on any atom is 0.304 e. The molecule has 0 saturated carbocycles. The lowest BCUT2D eigenvalue weighted by Crippen LogP contribution is -2.25. The number of hydrogen-bond donors (Lipinski definition) is 1. The first-order valence-electron chi connectivity index (χ1n) is 5.72. The molecular formula is C13H19NO3. The average molecular weight is 237 g/mol. The van der Waals surface area contributed by atoms with Crippen LogP contribution < -0.4 is 4.74 Å². The predicted octanol–water partition coefficient (Wildman–Crippen LogP) is 1.99. The Hall–Kier alpha value is -1.55. The largest absolute Gasteiger partial charge is 0.497 e. The third kappa shape index (κ3) is 4.87. The van der Waals surface area contributed by atoms with Gasteiger partial charge in [-0.05, 0) is 24.2 Å². The Morgan fingerprint density at radius 3 is 2.47 bits per heavy atom. The third-order valence-corrected chi connectivity index (χ3v) is 2.65. The minimum absolute atomic E-state index is 0.185. The van der Waals surface area contributed by atoms with E-state index in [1.54, 1.807) is 7.11 Å². The van der Waals surface area contributed by atoms with Crippen LogP contribution in [0.25, 0.3) is 0 Å². The summed E-state index contributed by atoms with van der Waals surface area (Å²) in [6.45, 7) is 4.23. The van der Waals surface area contributed by atoms with Gasteiger partial charge in [-0.25, -0.2) is 0 Å². The summed E-state index contributed by atoms with van der Waals surface area (Å²) in [5, 5.41) is 8.65. The molecule has 0 heterocycles. The van der Waals surface area contributed by atoms with Gasteiger partial charge in [-0.2, -0.15) is 0 Å². The number of aliphatic carboxylic acids is 1. The molecule has 0 aliphatic rings. The molecule has 0 unspecified atom stereocenters. The van der Waals surface area contributed by atoms with E-state index in [0.717, 1.165) is 24.4 Å². The fourth-order valence-electron chi connectivity index (χ4n) is 1.59. The number of methoxy groups -OCH3 is 1. The first-order valence-corrected chi connectivity index (χ1v) is 5.72. The van der Waals surface area contributed by atoms with Crippen LogP contribution in [0, 0.1) is 0 Å². The lowest BCUT2D eigenvalue weighted by molar-refractivity contribution is -0.137. The first-order chi connectivity index (χ1) is 8.15. The van der Waals surface area contributed by atoms with Crippen molar-refractivity contribution in [2.45, 2.75) is 19.9 Å². The van der Waals surface area contributed by atoms with E-state index in [9.17, 15) is 4.79 Å². The van der Waals surface area contributed by atoms with Crippen molar-refractivity contribution in [2.75, 3.05) is 20.2 Å². The van der Waals surface area contributed by atoms with E-state index in [4.69, 9.17) is 9.84 Å². The Morgan fingerprint density at radius 1 is 1.35 bits per heavy atom. The monoisotopic (exact) mass is 237 g/mol. The van der Waals surface area contributed by atoms with Gasteiger partial charge in [0.05, 0.1) is 13.5 Å². The van der Waals surface area contributed by atoms with Gasteiger partial charge in [-0.1, -0.05) is 19.1 Å². The highest BCUT2D eigenvalue weighted by Gasteiger charge is 2.06. The molecule has 0 saturated heterocycles. The van der Waals surface area contributed by atoms with Gasteiger partial charge in [0.1, 0.15) is 5.75 Å². The van der Waals surface area contributed by atoms with Crippen LogP contribution in [-0.4, -0.2) is 36.2 Å². The second-order valence-corrected chi connectivity index (χ2v) is 3.86. The van der Waals surface area contributed by atoms with Crippen molar-refractivity contribution in [1.82, 2.24) is 4.90 Å². The lowest BCUT2D eigenvalue weighted by Gasteiger charge is -2.19. The Kier molecular flexibility index (Phi) is 5.49. The van der Waals surface area contributed by atoms with Gasteiger partial charge < -0.3 is 9.84 Å². The zero-order chi connectivity index (χ0) is 12.7. The number of hydrogen-bond acceptors (Lipinski definition) is 3. The number of carboxylic acids is 1. The van der Waals surface area contributed by atoms with Crippen LogP contribution in [0.1, 0.15) is 18.9 Å². The van der Waals surface area contributed by atoms with Gasteiger partial charge in [0.15, 0.2) is 0 Å². The molecule has 1 rings (SSSR count). The van der Waals surface area contributed by atoms with Gasteiger partial charge in [0.2, 0.25) is 0 Å². The van der Waals surface area contributed by atoms with Crippen LogP contribution in [-0.2, 0) is 11.3 Å². The molecule has 0 atom stereocenters. The van der Waals surface area contributed by atoms with E-state index < -0.39 is 5.97 Å². The number of ether oxygens (including phenoxy) is 1. The van der Waals surface area contributed by atoms with Crippen LogP contribution in [0.5, 0.6) is 5.75 Å². The minimum atomic E-state index is -0.752. The predicted molar refractivity (Wildman–Crippen MR) is 66.2 cm³/mol. The maximum atomic E-state index is 10.5. The fraction of sp³-hybridized carbons (Fsp3) is 0.462. The summed E-state index contributed by atoms with van der Waals surface area (Å²) >= 11 is 0. The fourth-order valence-corrected chi connectivity index (χ4v) is 1.59. The minimum Gasteiger partial charge on any atom is -0.497 e. The molecule has 0 bridgehead atoms. The molecule has 17 heavy (non-hydrogen) atoms. The molecule has 4 heteroatoms. The maximum absolute atomic E-state index is 10.5. The van der Waals surface area contributed by atoms with Crippen LogP contribution in [0.3, 0.4) is 0 Å². The normalized spacial score (nSPS) is 10.5. The molecule has 0 aliphatic heterocycles. The van der Waals surface area contributed by atoms with Crippen LogP contribution in [0.4, 0.5) is 0 Å². The van der Waals surface area contributed by atoms with Gasteiger partial charge in [0.25, 0.3) is 0 Å². The summed E-state index contributed by atoms with van der Waals surface area (Å²) in [5.41, 5.74) is 1.16. The Bertz CT molecular complexity index is 348. The third-order valence-electron chi connectivity index (χ3n) is 2.65. The highest BCUT2D eigenvalue weighted by Crippen LogP contribution is 2.13. The first kappa shape index (κ1) is 13.5. The number of nitrogens with zero attached hydrogens (tertiary/aromatic N) is 1. The molecule has 1 aromatic rings. The summed E-state index contributed by atoms with van der Waals surface area (Å²) in [6.07, 6.45) is 0.185. The SMILES string of the molecule is CCN(CCC(=O)O)Cc1ccc(OC)cc1. The lowest BCUT2D eigenvalue weighted by atomic mass is 10.2. The van der Waals surface area contributed by atoms with Crippen molar-refractivity contribution >= 4 is 5.97 Å². The molecule has 0 amide bonds. The Morgan fingerprint density at radius 2 is 2.00 bits per heavy atom. The molecule has 0 aromatic heterocycles. The summed E-state index contributed by atoms with van der Waals surface area (Å²) in [5.74, 6) is 0.0838. The van der Waals surface area contributed by atoms with Crippen molar-refractivity contribution in [2.24, 2.45) is 0 Å². The number of benzene rings is 1. The quantitative estimate of drug-likeness (QED) is 0.788. The Balaban J connectivity index is 2.51. The zero-order valence-electron chi connectivity index (χ0n) is 10.3. The van der Waals surface area contributed by atoms with Crippen LogP contribution in [0.15, 0.2) is 24.3 Å². The van der Waals surface area contributed by atoms with Gasteiger partial charge in [0, 0.05) is 13.1 Å². The van der Waals surface area contributed by atoms with Crippen LogP contribution >= 0.6 is 0 Å². The standard InChI is InChI=1S/C13H19NO3/c1-3-14(9-8-13(15)16)10-11-4-6-12(17-2)7-5-11/h4-7H,3,8-10H2,1-2H3,(H,15,16). The summed E-state index contributed by atoms with van der Waals surface area (Å²) in [7, 11) is 1.64. The average Bonchev–Trinajstić information content (AvgIpc) is 2.35. The van der Waals surface area contributed by atoms with Crippen molar-refractivity contribution in [1.29, 1.82) is 0 Å². The van der Waals surface area contributed by atoms with E-state index in [-0.39, 0.29) is 6.42 Å². The molecule has 0 aliphatic carbocycles. The smallest absolute Gasteiger partial charge is 0.304 e. The van der Waals surface area contributed by atoms with Crippen molar-refractivity contribution in [3.63, 3.8) is 0 Å². The number of carboxylic acid groups (broad SMARTS) is 1. The molecular weight excluding hydrogens is 218 g/mol. The van der Waals surface area contributed by atoms with E-state index in [2.05, 4.69) is 4.90 Å². The molecule has 0 fully saturated rings. The molecule has 4 nitrogen and oxygen atoms in total. The highest BCUT2D eigenvalue weighted by atomic mass is 16.5. The van der Waals surface area contributed by atoms with E-state index in [0.29, 0.717) is 6.54 Å². The van der Waals surface area contributed by atoms with E-state index in [1.807, 2.05) is 31.2 Å². The van der Waals surface area contributed by atoms with Gasteiger partial charge >= 0.3 is 5.97 Å². The molecule has 0 radical (unpaired) electrons. The van der Waals surface area contributed by atoms with Crippen molar-refractivity contribution < 1.29 is 14.6 Å². The summed E-state index contributed by atoms with van der Waals surface area (Å²) in [4.78, 5) is 12.6. The molecule has 1 aromatic carbocycles. The number of rotatable bonds is 7. The number of carbonyl (C=O) groups is 1. The second kappa shape index (κ2) is 6.91. The van der Waals surface area contributed by atoms with Crippen molar-refractivity contribution in [3.05, 3.63) is 29.8 Å². The summed E-state index contributed by atoms with van der Waals surface area (Å²) in [6, 6.07) is 7.84.